The van der Waals surface area contributed by atoms with E-state index in [0.717, 1.165) is 22.7 Å². The summed E-state index contributed by atoms with van der Waals surface area (Å²) in [5, 5.41) is 11.3. The van der Waals surface area contributed by atoms with E-state index in [-0.39, 0.29) is 17.6 Å². The van der Waals surface area contributed by atoms with Gasteiger partial charge in [0.1, 0.15) is 23.4 Å². The van der Waals surface area contributed by atoms with E-state index in [1.165, 1.54) is 0 Å². The zero-order valence-electron chi connectivity index (χ0n) is 19.9. The topological polar surface area (TPSA) is 96.8 Å². The van der Waals surface area contributed by atoms with Crippen molar-refractivity contribution in [2.75, 3.05) is 19.0 Å². The van der Waals surface area contributed by atoms with E-state index in [1.807, 2.05) is 43.3 Å². The zero-order valence-corrected chi connectivity index (χ0v) is 19.9. The van der Waals surface area contributed by atoms with Crippen molar-refractivity contribution in [2.24, 2.45) is 0 Å². The second-order valence-corrected chi connectivity index (χ2v) is 9.24. The predicted octanol–water partition coefficient (Wildman–Crippen LogP) is 4.84. The molecule has 1 saturated carbocycles. The Morgan fingerprint density at radius 2 is 1.56 bits per heavy atom. The summed E-state index contributed by atoms with van der Waals surface area (Å²) in [5.41, 5.74) is 2.11. The first kappa shape index (κ1) is 23.4. The molecule has 1 aliphatic carbocycles. The number of amides is 1. The maximum atomic E-state index is 10.7. The summed E-state index contributed by atoms with van der Waals surface area (Å²) in [5.74, 6) is 2.72. The van der Waals surface area contributed by atoms with Gasteiger partial charge in [0, 0.05) is 38.4 Å². The number of carbonyl (C=O) groups is 1. The van der Waals surface area contributed by atoms with Gasteiger partial charge in [-0.1, -0.05) is 38.1 Å². The standard InChI is InChI=1S/C26H30N4O4/c1-26(2,17-5-9-20(10-6-17)33-22-13-19(14-22)29-25(31)32)18-7-11-21(12-8-18)34-24-16-27-23(15-28-24)30(3)4/h5-12,15-16,19,22,29H,13-14H2,1-4H3,(H,31,32)/t19-,22-. The Bertz CT molecular complexity index is 1110. The van der Waals surface area contributed by atoms with E-state index < -0.39 is 6.09 Å². The highest BCUT2D eigenvalue weighted by Gasteiger charge is 2.32. The average Bonchev–Trinajstić information content (AvgIpc) is 2.78. The van der Waals surface area contributed by atoms with Crippen LogP contribution in [0.2, 0.25) is 0 Å². The molecule has 1 amide bonds. The second kappa shape index (κ2) is 9.59. The van der Waals surface area contributed by atoms with Crippen LogP contribution in [0, 0.1) is 0 Å². The molecule has 1 aromatic heterocycles. The fourth-order valence-corrected chi connectivity index (χ4v) is 3.92. The maximum Gasteiger partial charge on any atom is 0.404 e. The van der Waals surface area contributed by atoms with Crippen LogP contribution in [0.5, 0.6) is 17.4 Å². The molecule has 0 spiro atoms. The van der Waals surface area contributed by atoms with Crippen molar-refractivity contribution < 1.29 is 19.4 Å². The summed E-state index contributed by atoms with van der Waals surface area (Å²) < 4.78 is 11.8. The van der Waals surface area contributed by atoms with Gasteiger partial charge in [-0.2, -0.15) is 0 Å². The first-order valence-corrected chi connectivity index (χ1v) is 11.2. The number of ether oxygens (including phenoxy) is 2. The molecule has 34 heavy (non-hydrogen) atoms. The Balaban J connectivity index is 1.36. The van der Waals surface area contributed by atoms with Crippen LogP contribution in [0.15, 0.2) is 60.9 Å². The molecule has 4 rings (SSSR count). The summed E-state index contributed by atoms with van der Waals surface area (Å²) in [7, 11) is 3.83. The fraction of sp³-hybridized carbons (Fsp3) is 0.346. The van der Waals surface area contributed by atoms with Crippen molar-refractivity contribution in [2.45, 2.75) is 44.2 Å². The van der Waals surface area contributed by atoms with Gasteiger partial charge in [-0.05, 0) is 35.4 Å². The quantitative estimate of drug-likeness (QED) is 0.494. The Labute approximate surface area is 199 Å². The van der Waals surface area contributed by atoms with Crippen LogP contribution in [0.3, 0.4) is 0 Å². The van der Waals surface area contributed by atoms with Crippen LogP contribution in [0.25, 0.3) is 0 Å². The number of carboxylic acid groups (broad SMARTS) is 1. The molecule has 1 aliphatic rings. The van der Waals surface area contributed by atoms with Gasteiger partial charge in [-0.15, -0.1) is 0 Å². The second-order valence-electron chi connectivity index (χ2n) is 9.24. The van der Waals surface area contributed by atoms with Gasteiger partial charge in [-0.3, -0.25) is 0 Å². The molecule has 1 heterocycles. The van der Waals surface area contributed by atoms with E-state index in [2.05, 4.69) is 53.4 Å². The molecule has 178 valence electrons. The molecule has 2 N–H and O–H groups in total. The van der Waals surface area contributed by atoms with Crippen molar-refractivity contribution >= 4 is 11.9 Å². The Hall–Kier alpha value is -3.81. The van der Waals surface area contributed by atoms with Crippen LogP contribution in [-0.4, -0.2) is 47.4 Å². The first-order valence-electron chi connectivity index (χ1n) is 11.2. The van der Waals surface area contributed by atoms with Gasteiger partial charge < -0.3 is 24.8 Å². The number of nitrogens with zero attached hydrogens (tertiary/aromatic N) is 3. The molecule has 0 saturated heterocycles. The average molecular weight is 463 g/mol. The van der Waals surface area contributed by atoms with E-state index >= 15 is 0 Å². The smallest absolute Gasteiger partial charge is 0.404 e. The lowest BCUT2D eigenvalue weighted by atomic mass is 9.78. The van der Waals surface area contributed by atoms with Crippen LogP contribution in [0.4, 0.5) is 10.6 Å². The lowest BCUT2D eigenvalue weighted by Crippen LogP contribution is -2.48. The molecular weight excluding hydrogens is 432 g/mol. The molecule has 0 radical (unpaired) electrons. The highest BCUT2D eigenvalue weighted by molar-refractivity contribution is 5.65. The van der Waals surface area contributed by atoms with Crippen LogP contribution in [0.1, 0.15) is 37.8 Å². The van der Waals surface area contributed by atoms with Crippen molar-refractivity contribution in [1.82, 2.24) is 15.3 Å². The largest absolute Gasteiger partial charge is 0.490 e. The van der Waals surface area contributed by atoms with Crippen LogP contribution in [-0.2, 0) is 5.41 Å². The predicted molar refractivity (Wildman–Crippen MR) is 130 cm³/mol. The van der Waals surface area contributed by atoms with Crippen LogP contribution < -0.4 is 19.7 Å². The summed E-state index contributed by atoms with van der Waals surface area (Å²) in [4.78, 5) is 21.2. The normalized spacial score (nSPS) is 17.4. The Morgan fingerprint density at radius 3 is 2.06 bits per heavy atom. The summed E-state index contributed by atoms with van der Waals surface area (Å²) in [6.07, 6.45) is 3.74. The minimum absolute atomic E-state index is 0.0166. The third kappa shape index (κ3) is 5.39. The number of hydrogen-bond acceptors (Lipinski definition) is 6. The molecule has 0 bridgehead atoms. The molecule has 8 nitrogen and oxygen atoms in total. The minimum atomic E-state index is -0.984. The highest BCUT2D eigenvalue weighted by Crippen LogP contribution is 2.34. The monoisotopic (exact) mass is 462 g/mol. The van der Waals surface area contributed by atoms with Gasteiger partial charge in [-0.25, -0.2) is 14.8 Å². The molecule has 2 aromatic carbocycles. The lowest BCUT2D eigenvalue weighted by molar-refractivity contribution is 0.0833. The molecule has 1 fully saturated rings. The summed E-state index contributed by atoms with van der Waals surface area (Å²) >= 11 is 0. The summed E-state index contributed by atoms with van der Waals surface area (Å²) in [6.45, 7) is 4.36. The van der Waals surface area contributed by atoms with Crippen molar-refractivity contribution in [3.8, 4) is 17.4 Å². The number of rotatable bonds is 8. The van der Waals surface area contributed by atoms with Gasteiger partial charge in [0.15, 0.2) is 0 Å². The van der Waals surface area contributed by atoms with Crippen molar-refractivity contribution in [1.29, 1.82) is 0 Å². The number of benzene rings is 2. The van der Waals surface area contributed by atoms with Gasteiger partial charge in [0.2, 0.25) is 5.88 Å². The van der Waals surface area contributed by atoms with E-state index in [0.29, 0.717) is 24.5 Å². The maximum absolute atomic E-state index is 10.7. The number of hydrogen-bond donors (Lipinski definition) is 2. The van der Waals surface area contributed by atoms with E-state index in [4.69, 9.17) is 14.6 Å². The Morgan fingerprint density at radius 1 is 0.971 bits per heavy atom. The van der Waals surface area contributed by atoms with E-state index in [1.54, 1.807) is 12.4 Å². The van der Waals surface area contributed by atoms with E-state index in [9.17, 15) is 4.79 Å². The molecule has 8 heteroatoms. The molecular formula is C26H30N4O4. The van der Waals surface area contributed by atoms with Gasteiger partial charge in [0.25, 0.3) is 0 Å². The van der Waals surface area contributed by atoms with Gasteiger partial charge >= 0.3 is 6.09 Å². The molecule has 0 unspecified atom stereocenters. The minimum Gasteiger partial charge on any atom is -0.490 e. The molecule has 3 aromatic rings. The number of aromatic nitrogens is 2. The van der Waals surface area contributed by atoms with Crippen molar-refractivity contribution in [3.05, 3.63) is 72.1 Å². The van der Waals surface area contributed by atoms with Crippen LogP contribution >= 0.6 is 0 Å². The number of anilines is 1. The van der Waals surface area contributed by atoms with Crippen molar-refractivity contribution in [3.63, 3.8) is 0 Å². The van der Waals surface area contributed by atoms with Gasteiger partial charge in [0.05, 0.1) is 12.4 Å². The lowest BCUT2D eigenvalue weighted by Gasteiger charge is -2.35. The fourth-order valence-electron chi connectivity index (χ4n) is 3.92. The third-order valence-corrected chi connectivity index (χ3v) is 6.17. The third-order valence-electron chi connectivity index (χ3n) is 6.17. The zero-order chi connectivity index (χ0) is 24.3. The summed E-state index contributed by atoms with van der Waals surface area (Å²) in [6, 6.07) is 16.1. The SMILES string of the molecule is CN(C)c1cnc(Oc2ccc(C(C)(C)c3ccc(O[C@H]4C[C@H](NC(=O)O)C4)cc3)cc2)cn1. The Kier molecular flexibility index (Phi) is 6.58. The molecule has 0 aliphatic heterocycles. The highest BCUT2D eigenvalue weighted by atomic mass is 16.5. The molecule has 0 atom stereocenters. The number of nitrogens with one attached hydrogen (secondary N) is 1. The first-order chi connectivity index (χ1) is 16.2.